The first-order chi connectivity index (χ1) is 5.71. The highest BCUT2D eigenvalue weighted by Crippen LogP contribution is 2.18. The fourth-order valence-electron chi connectivity index (χ4n) is 1.02. The van der Waals surface area contributed by atoms with Gasteiger partial charge in [-0.3, -0.25) is 0 Å². The highest BCUT2D eigenvalue weighted by Gasteiger charge is 2.31. The summed E-state index contributed by atoms with van der Waals surface area (Å²) < 4.78 is 23.7. The molecule has 0 aromatic heterocycles. The number of nitrogens with two attached hydrogens (primary N) is 1. The number of hydrogen-bond donors (Lipinski definition) is 1. The third kappa shape index (κ3) is 2.95. The quantitative estimate of drug-likeness (QED) is 0.753. The van der Waals surface area contributed by atoms with Crippen molar-refractivity contribution >= 4 is 9.84 Å². The molecule has 4 heteroatoms. The normalized spacial score (nSPS) is 19.9. The Morgan fingerprint density at radius 2 is 1.31 bits per heavy atom. The van der Waals surface area contributed by atoms with Gasteiger partial charge in [-0.15, -0.1) is 0 Å². The summed E-state index contributed by atoms with van der Waals surface area (Å²) >= 11 is 0. The molecule has 0 saturated heterocycles. The van der Waals surface area contributed by atoms with Crippen molar-refractivity contribution in [3.05, 3.63) is 0 Å². The van der Waals surface area contributed by atoms with Crippen LogP contribution in [0.4, 0.5) is 0 Å². The van der Waals surface area contributed by atoms with Crippen molar-refractivity contribution in [1.29, 1.82) is 0 Å². The zero-order valence-electron chi connectivity index (χ0n) is 9.11. The largest absolute Gasteiger partial charge is 0.327 e. The van der Waals surface area contributed by atoms with Gasteiger partial charge < -0.3 is 5.73 Å². The summed E-state index contributed by atoms with van der Waals surface area (Å²) in [4.78, 5) is 0. The van der Waals surface area contributed by atoms with E-state index in [2.05, 4.69) is 0 Å². The summed E-state index contributed by atoms with van der Waals surface area (Å²) in [5.41, 5.74) is 5.58. The molecule has 3 nitrogen and oxygen atoms in total. The molecule has 0 rings (SSSR count). The Morgan fingerprint density at radius 1 is 0.923 bits per heavy atom. The van der Waals surface area contributed by atoms with Gasteiger partial charge in [0.1, 0.15) is 0 Å². The Morgan fingerprint density at radius 3 is 1.54 bits per heavy atom. The number of hydrogen-bond acceptors (Lipinski definition) is 3. The zero-order valence-corrected chi connectivity index (χ0v) is 9.93. The maximum absolute atomic E-state index is 11.8. The Hall–Kier alpha value is -0.0900. The molecule has 0 aliphatic carbocycles. The number of sulfone groups is 1. The van der Waals surface area contributed by atoms with Crippen LogP contribution in [-0.4, -0.2) is 25.0 Å². The molecule has 13 heavy (non-hydrogen) atoms. The van der Waals surface area contributed by atoms with Crippen LogP contribution in [0, 0.1) is 5.92 Å². The first-order valence-corrected chi connectivity index (χ1v) is 6.30. The summed E-state index contributed by atoms with van der Waals surface area (Å²) in [6, 6.07) is -0.300. The molecule has 0 saturated carbocycles. The average Bonchev–Trinajstić information content (AvgIpc) is 2.01. The van der Waals surface area contributed by atoms with Crippen molar-refractivity contribution in [2.24, 2.45) is 11.7 Å². The molecule has 0 aromatic rings. The summed E-state index contributed by atoms with van der Waals surface area (Å²) in [5, 5.41) is -0.765. The molecule has 0 fully saturated rings. The molecule has 3 atom stereocenters. The van der Waals surface area contributed by atoms with Gasteiger partial charge in [-0.2, -0.15) is 0 Å². The van der Waals surface area contributed by atoms with Gasteiger partial charge in [0.15, 0.2) is 9.84 Å². The lowest BCUT2D eigenvalue weighted by molar-refractivity contribution is 0.525. The smallest absolute Gasteiger partial charge is 0.157 e. The van der Waals surface area contributed by atoms with Crippen LogP contribution in [0.25, 0.3) is 0 Å². The minimum atomic E-state index is -3.06. The van der Waals surface area contributed by atoms with Crippen molar-refractivity contribution in [2.75, 3.05) is 0 Å². The van der Waals surface area contributed by atoms with Crippen molar-refractivity contribution in [3.8, 4) is 0 Å². The molecule has 0 spiro atoms. The zero-order chi connectivity index (χ0) is 10.8. The maximum Gasteiger partial charge on any atom is 0.157 e. The van der Waals surface area contributed by atoms with Crippen LogP contribution in [0.1, 0.15) is 34.6 Å². The van der Waals surface area contributed by atoms with E-state index in [1.165, 1.54) is 0 Å². The lowest BCUT2D eigenvalue weighted by atomic mass is 10.2. The summed E-state index contributed by atoms with van der Waals surface area (Å²) in [5.74, 6) is 0.145. The Labute approximate surface area is 81.6 Å². The Balaban J connectivity index is 4.77. The second-order valence-corrected chi connectivity index (χ2v) is 6.77. The van der Waals surface area contributed by atoms with Gasteiger partial charge in [0, 0.05) is 6.04 Å². The molecular formula is C9H21NO2S. The van der Waals surface area contributed by atoms with Crippen molar-refractivity contribution in [1.82, 2.24) is 0 Å². The molecule has 3 unspecified atom stereocenters. The molecule has 0 bridgehead atoms. The molecule has 80 valence electrons. The summed E-state index contributed by atoms with van der Waals surface area (Å²) in [6.07, 6.45) is 0. The molecule has 0 aliphatic rings. The second-order valence-electron chi connectivity index (χ2n) is 4.10. The van der Waals surface area contributed by atoms with Crippen LogP contribution in [0.5, 0.6) is 0 Å². The van der Waals surface area contributed by atoms with Gasteiger partial charge >= 0.3 is 0 Å². The van der Waals surface area contributed by atoms with Gasteiger partial charge in [0.25, 0.3) is 0 Å². The van der Waals surface area contributed by atoms with Gasteiger partial charge in [-0.1, -0.05) is 13.8 Å². The lowest BCUT2D eigenvalue weighted by Gasteiger charge is -2.23. The van der Waals surface area contributed by atoms with Crippen LogP contribution in [0.15, 0.2) is 0 Å². The van der Waals surface area contributed by atoms with E-state index in [0.29, 0.717) is 0 Å². The predicted molar refractivity (Wildman–Crippen MR) is 56.3 cm³/mol. The van der Waals surface area contributed by atoms with E-state index in [1.54, 1.807) is 20.8 Å². The summed E-state index contributed by atoms with van der Waals surface area (Å²) in [6.45, 7) is 8.99. The average molecular weight is 207 g/mol. The predicted octanol–water partition coefficient (Wildman–Crippen LogP) is 1.18. The minimum absolute atomic E-state index is 0.145. The van der Waals surface area contributed by atoms with E-state index in [4.69, 9.17) is 5.73 Å². The topological polar surface area (TPSA) is 60.2 Å². The van der Waals surface area contributed by atoms with Gasteiger partial charge in [0.05, 0.1) is 10.5 Å². The van der Waals surface area contributed by atoms with E-state index < -0.39 is 15.1 Å². The third-order valence-corrected chi connectivity index (χ3v) is 5.76. The molecule has 0 aromatic carbocycles. The molecule has 0 heterocycles. The van der Waals surface area contributed by atoms with Crippen molar-refractivity contribution < 1.29 is 8.42 Å². The van der Waals surface area contributed by atoms with Gasteiger partial charge in [-0.25, -0.2) is 8.42 Å². The fourth-order valence-corrected chi connectivity index (χ4v) is 3.05. The fraction of sp³-hybridized carbons (Fsp3) is 1.00. The molecular weight excluding hydrogens is 186 g/mol. The van der Waals surface area contributed by atoms with E-state index in [9.17, 15) is 8.42 Å². The first kappa shape index (κ1) is 12.9. The van der Waals surface area contributed by atoms with E-state index in [-0.39, 0.29) is 17.2 Å². The van der Waals surface area contributed by atoms with Crippen LogP contribution < -0.4 is 5.73 Å². The molecule has 0 radical (unpaired) electrons. The van der Waals surface area contributed by atoms with Crippen molar-refractivity contribution in [2.45, 2.75) is 51.2 Å². The van der Waals surface area contributed by atoms with Crippen LogP contribution >= 0.6 is 0 Å². The second kappa shape index (κ2) is 4.42. The van der Waals surface area contributed by atoms with Gasteiger partial charge in [0.2, 0.25) is 0 Å². The highest BCUT2D eigenvalue weighted by molar-refractivity contribution is 7.92. The van der Waals surface area contributed by atoms with E-state index >= 15 is 0 Å². The highest BCUT2D eigenvalue weighted by atomic mass is 32.2. The standard InChI is InChI=1S/C9H21NO2S/c1-6(2)8(4)13(11,12)9(5)7(3)10/h6-9H,10H2,1-5H3. The van der Waals surface area contributed by atoms with E-state index in [1.807, 2.05) is 13.8 Å². The molecule has 0 amide bonds. The van der Waals surface area contributed by atoms with Crippen LogP contribution in [0.2, 0.25) is 0 Å². The maximum atomic E-state index is 11.8. The van der Waals surface area contributed by atoms with Crippen LogP contribution in [0.3, 0.4) is 0 Å². The lowest BCUT2D eigenvalue weighted by Crippen LogP contribution is -2.41. The summed E-state index contributed by atoms with van der Waals surface area (Å²) in [7, 11) is -3.06. The number of rotatable bonds is 4. The SMILES string of the molecule is CC(C)C(C)S(=O)(=O)C(C)C(C)N. The van der Waals surface area contributed by atoms with Gasteiger partial charge in [-0.05, 0) is 26.7 Å². The van der Waals surface area contributed by atoms with Crippen LogP contribution in [-0.2, 0) is 9.84 Å². The molecule has 0 aliphatic heterocycles. The van der Waals surface area contributed by atoms with E-state index in [0.717, 1.165) is 0 Å². The van der Waals surface area contributed by atoms with Crippen molar-refractivity contribution in [3.63, 3.8) is 0 Å². The Bertz CT molecular complexity index is 224. The Kier molecular flexibility index (Phi) is 4.39. The third-order valence-electron chi connectivity index (χ3n) is 2.72. The first-order valence-electron chi connectivity index (χ1n) is 4.69. The minimum Gasteiger partial charge on any atom is -0.327 e. The molecule has 2 N–H and O–H groups in total. The monoisotopic (exact) mass is 207 g/mol.